The van der Waals surface area contributed by atoms with Gasteiger partial charge < -0.3 is 4.74 Å². The highest BCUT2D eigenvalue weighted by atomic mass is 16.5. The minimum atomic E-state index is -0.420. The summed E-state index contributed by atoms with van der Waals surface area (Å²) in [5.74, 6) is -0.213. The molecule has 1 rings (SSSR count). The van der Waals surface area contributed by atoms with E-state index < -0.39 is 5.91 Å². The molecule has 0 bridgehead atoms. The van der Waals surface area contributed by atoms with Gasteiger partial charge in [-0.05, 0) is 18.2 Å². The summed E-state index contributed by atoms with van der Waals surface area (Å²) >= 11 is 0. The van der Waals surface area contributed by atoms with Gasteiger partial charge in [-0.15, -0.1) is 0 Å². The van der Waals surface area contributed by atoms with Crippen molar-refractivity contribution in [3.05, 3.63) is 29.8 Å². The highest BCUT2D eigenvalue weighted by Gasteiger charge is 2.07. The lowest BCUT2D eigenvalue weighted by Crippen LogP contribution is -2.27. The van der Waals surface area contributed by atoms with E-state index in [4.69, 9.17) is 4.74 Å². The summed E-state index contributed by atoms with van der Waals surface area (Å²) in [7, 11) is 1.52. The van der Waals surface area contributed by atoms with Crippen LogP contribution in [0.2, 0.25) is 0 Å². The Morgan fingerprint density at radius 2 is 2.07 bits per heavy atom. The van der Waals surface area contributed by atoms with E-state index in [-0.39, 0.29) is 5.91 Å². The molecule has 0 aliphatic carbocycles. The molecule has 1 aromatic rings. The number of carbonyl (C=O) groups excluding carboxylic acids is 2. The van der Waals surface area contributed by atoms with Crippen LogP contribution in [0.3, 0.4) is 0 Å². The number of amides is 2. The van der Waals surface area contributed by atoms with Gasteiger partial charge in [0, 0.05) is 12.5 Å². The van der Waals surface area contributed by atoms with E-state index in [9.17, 15) is 9.59 Å². The van der Waals surface area contributed by atoms with Gasteiger partial charge in [-0.2, -0.15) is 0 Å². The van der Waals surface area contributed by atoms with Gasteiger partial charge in [0.05, 0.1) is 7.11 Å². The van der Waals surface area contributed by atoms with Gasteiger partial charge in [0.2, 0.25) is 5.91 Å². The van der Waals surface area contributed by atoms with Crippen molar-refractivity contribution in [2.45, 2.75) is 6.92 Å². The van der Waals surface area contributed by atoms with E-state index in [0.29, 0.717) is 11.3 Å². The standard InChI is InChI=1S/C10H11NO3/c1-7(12)11-10(13)8-4-3-5-9(6-8)14-2/h3-6H,1-2H3,(H,11,12,13). The molecule has 2 amide bonds. The number of rotatable bonds is 2. The van der Waals surface area contributed by atoms with Crippen molar-refractivity contribution in [2.24, 2.45) is 0 Å². The van der Waals surface area contributed by atoms with E-state index in [0.717, 1.165) is 0 Å². The predicted molar refractivity (Wildman–Crippen MR) is 51.1 cm³/mol. The van der Waals surface area contributed by atoms with E-state index in [1.165, 1.54) is 14.0 Å². The van der Waals surface area contributed by atoms with Crippen molar-refractivity contribution in [3.8, 4) is 5.75 Å². The van der Waals surface area contributed by atoms with Crippen molar-refractivity contribution >= 4 is 11.8 Å². The van der Waals surface area contributed by atoms with E-state index in [2.05, 4.69) is 5.32 Å². The Labute approximate surface area is 81.9 Å². The average molecular weight is 193 g/mol. The van der Waals surface area contributed by atoms with Crippen LogP contribution >= 0.6 is 0 Å². The minimum Gasteiger partial charge on any atom is -0.497 e. The van der Waals surface area contributed by atoms with Crippen LogP contribution in [0.15, 0.2) is 24.3 Å². The summed E-state index contributed by atoms with van der Waals surface area (Å²) in [5, 5.41) is 2.18. The van der Waals surface area contributed by atoms with Crippen molar-refractivity contribution < 1.29 is 14.3 Å². The molecule has 0 radical (unpaired) electrons. The highest BCUT2D eigenvalue weighted by Crippen LogP contribution is 2.11. The Balaban J connectivity index is 2.84. The van der Waals surface area contributed by atoms with Gasteiger partial charge in [0.15, 0.2) is 0 Å². The number of methoxy groups -OCH3 is 1. The Morgan fingerprint density at radius 3 is 2.64 bits per heavy atom. The fraction of sp³-hybridized carbons (Fsp3) is 0.200. The number of carbonyl (C=O) groups is 2. The second-order valence-corrected chi connectivity index (χ2v) is 2.74. The van der Waals surface area contributed by atoms with Crippen molar-refractivity contribution in [2.75, 3.05) is 7.11 Å². The molecule has 0 heterocycles. The second kappa shape index (κ2) is 4.41. The molecular weight excluding hydrogens is 182 g/mol. The molecule has 0 saturated heterocycles. The number of hydrogen-bond acceptors (Lipinski definition) is 3. The normalized spacial score (nSPS) is 9.29. The fourth-order valence-corrected chi connectivity index (χ4v) is 0.996. The first-order valence-electron chi connectivity index (χ1n) is 4.09. The Morgan fingerprint density at radius 1 is 1.36 bits per heavy atom. The summed E-state index contributed by atoms with van der Waals surface area (Å²) in [6, 6.07) is 6.59. The zero-order valence-corrected chi connectivity index (χ0v) is 8.03. The Bertz CT molecular complexity index is 360. The summed E-state index contributed by atoms with van der Waals surface area (Å²) in [6.07, 6.45) is 0. The molecule has 0 aromatic heterocycles. The molecular formula is C10H11NO3. The molecule has 74 valence electrons. The molecule has 14 heavy (non-hydrogen) atoms. The van der Waals surface area contributed by atoms with Gasteiger partial charge in [0.25, 0.3) is 5.91 Å². The number of benzene rings is 1. The quantitative estimate of drug-likeness (QED) is 0.761. The van der Waals surface area contributed by atoms with Crippen LogP contribution in [0.5, 0.6) is 5.75 Å². The smallest absolute Gasteiger partial charge is 0.257 e. The van der Waals surface area contributed by atoms with Gasteiger partial charge in [-0.3, -0.25) is 14.9 Å². The molecule has 1 N–H and O–H groups in total. The summed E-state index contributed by atoms with van der Waals surface area (Å²) in [4.78, 5) is 22.0. The number of nitrogens with one attached hydrogen (secondary N) is 1. The highest BCUT2D eigenvalue weighted by molar-refractivity contribution is 6.04. The third-order valence-electron chi connectivity index (χ3n) is 1.62. The summed E-state index contributed by atoms with van der Waals surface area (Å²) in [5.41, 5.74) is 0.402. The van der Waals surface area contributed by atoms with Crippen molar-refractivity contribution in [3.63, 3.8) is 0 Å². The zero-order valence-electron chi connectivity index (χ0n) is 8.03. The molecule has 0 spiro atoms. The van der Waals surface area contributed by atoms with Crippen LogP contribution in [0.25, 0.3) is 0 Å². The number of imide groups is 1. The van der Waals surface area contributed by atoms with Gasteiger partial charge in [-0.25, -0.2) is 0 Å². The Hall–Kier alpha value is -1.84. The first-order chi connectivity index (χ1) is 6.63. The lowest BCUT2D eigenvalue weighted by Gasteiger charge is -2.03. The minimum absolute atomic E-state index is 0.377. The molecule has 1 aromatic carbocycles. The van der Waals surface area contributed by atoms with Gasteiger partial charge in [-0.1, -0.05) is 6.07 Å². The van der Waals surface area contributed by atoms with Crippen molar-refractivity contribution in [1.82, 2.24) is 5.32 Å². The molecule has 0 aliphatic rings. The van der Waals surface area contributed by atoms with Crippen LogP contribution in [-0.4, -0.2) is 18.9 Å². The molecule has 4 heteroatoms. The van der Waals surface area contributed by atoms with Crippen LogP contribution < -0.4 is 10.1 Å². The maximum absolute atomic E-state index is 11.3. The van der Waals surface area contributed by atoms with E-state index >= 15 is 0 Å². The third-order valence-corrected chi connectivity index (χ3v) is 1.62. The lowest BCUT2D eigenvalue weighted by molar-refractivity contribution is -0.118. The second-order valence-electron chi connectivity index (χ2n) is 2.74. The SMILES string of the molecule is COc1cccc(C(=O)NC(C)=O)c1. The molecule has 0 aliphatic heterocycles. The monoisotopic (exact) mass is 193 g/mol. The maximum atomic E-state index is 11.3. The van der Waals surface area contributed by atoms with Crippen LogP contribution in [0, 0.1) is 0 Å². The van der Waals surface area contributed by atoms with E-state index in [1.54, 1.807) is 24.3 Å². The zero-order chi connectivity index (χ0) is 10.6. The molecule has 0 saturated carbocycles. The molecule has 0 unspecified atom stereocenters. The summed E-state index contributed by atoms with van der Waals surface area (Å²) < 4.78 is 4.95. The summed E-state index contributed by atoms with van der Waals surface area (Å²) in [6.45, 7) is 1.29. The average Bonchev–Trinajstić information content (AvgIpc) is 2.17. The van der Waals surface area contributed by atoms with Gasteiger partial charge in [0.1, 0.15) is 5.75 Å². The Kier molecular flexibility index (Phi) is 3.23. The number of hydrogen-bond donors (Lipinski definition) is 1. The first-order valence-corrected chi connectivity index (χ1v) is 4.09. The van der Waals surface area contributed by atoms with Crippen LogP contribution in [0.4, 0.5) is 0 Å². The van der Waals surface area contributed by atoms with Crippen molar-refractivity contribution in [1.29, 1.82) is 0 Å². The van der Waals surface area contributed by atoms with Crippen LogP contribution in [-0.2, 0) is 4.79 Å². The number of ether oxygens (including phenoxy) is 1. The third kappa shape index (κ3) is 2.58. The lowest BCUT2D eigenvalue weighted by atomic mass is 10.2. The largest absolute Gasteiger partial charge is 0.497 e. The first kappa shape index (κ1) is 10.2. The molecule has 0 fully saturated rings. The van der Waals surface area contributed by atoms with Gasteiger partial charge >= 0.3 is 0 Å². The van der Waals surface area contributed by atoms with Crippen LogP contribution in [0.1, 0.15) is 17.3 Å². The van der Waals surface area contributed by atoms with E-state index in [1.807, 2.05) is 0 Å². The predicted octanol–water partition coefficient (Wildman–Crippen LogP) is 0.972. The maximum Gasteiger partial charge on any atom is 0.257 e. The fourth-order valence-electron chi connectivity index (χ4n) is 0.996. The topological polar surface area (TPSA) is 55.4 Å². The molecule has 4 nitrogen and oxygen atoms in total. The molecule has 0 atom stereocenters.